The maximum atomic E-state index is 13.0. The number of nitrogens with one attached hydrogen (secondary N) is 1. The van der Waals surface area contributed by atoms with E-state index in [-0.39, 0.29) is 11.4 Å². The van der Waals surface area contributed by atoms with Gasteiger partial charge in [0.05, 0.1) is 11.5 Å². The lowest BCUT2D eigenvalue weighted by atomic mass is 10.0. The highest BCUT2D eigenvalue weighted by Crippen LogP contribution is 2.36. The lowest BCUT2D eigenvalue weighted by Gasteiger charge is -2.13. The lowest BCUT2D eigenvalue weighted by Crippen LogP contribution is -2.36. The van der Waals surface area contributed by atoms with E-state index in [0.29, 0.717) is 18.0 Å². The second kappa shape index (κ2) is 9.28. The molecule has 0 aliphatic carbocycles. The third kappa shape index (κ3) is 4.53. The minimum atomic E-state index is -0.491. The van der Waals surface area contributed by atoms with Gasteiger partial charge in [-0.05, 0) is 66.2 Å². The topological polar surface area (TPSA) is 75.7 Å². The van der Waals surface area contributed by atoms with Gasteiger partial charge in [-0.15, -0.1) is 0 Å². The molecule has 3 aromatic carbocycles. The number of fused-ring (bicyclic) bond motifs is 1. The summed E-state index contributed by atoms with van der Waals surface area (Å²) in [6, 6.07) is 18.9. The smallest absolute Gasteiger partial charge is 0.294 e. The molecule has 3 aromatic rings. The number of ether oxygens (including phenoxy) is 1. The molecule has 0 bridgehead atoms. The Morgan fingerprint density at radius 1 is 1.09 bits per heavy atom. The van der Waals surface area contributed by atoms with Crippen LogP contribution in [0, 0.1) is 6.92 Å². The van der Waals surface area contributed by atoms with Crippen molar-refractivity contribution in [3.63, 3.8) is 0 Å². The molecule has 0 saturated carbocycles. The zero-order valence-electron chi connectivity index (χ0n) is 17.8. The maximum absolute atomic E-state index is 13.0. The van der Waals surface area contributed by atoms with E-state index in [4.69, 9.17) is 4.74 Å². The third-order valence-electron chi connectivity index (χ3n) is 4.98. The number of amides is 3. The number of aryl methyl sites for hydroxylation is 1. The van der Waals surface area contributed by atoms with E-state index in [1.165, 1.54) is 0 Å². The van der Waals surface area contributed by atoms with Gasteiger partial charge in [0, 0.05) is 11.3 Å². The first kappa shape index (κ1) is 21.6. The van der Waals surface area contributed by atoms with Crippen molar-refractivity contribution < 1.29 is 19.1 Å². The number of anilines is 1. The Hall–Kier alpha value is -3.58. The van der Waals surface area contributed by atoms with Crippen LogP contribution in [0.15, 0.2) is 65.6 Å². The van der Waals surface area contributed by atoms with Crippen molar-refractivity contribution in [2.45, 2.75) is 13.8 Å². The molecule has 0 radical (unpaired) electrons. The number of carbonyl (C=O) groups is 3. The van der Waals surface area contributed by atoms with Crippen LogP contribution in [0.1, 0.15) is 18.1 Å². The summed E-state index contributed by atoms with van der Waals surface area (Å²) in [5.74, 6) is -0.288. The summed E-state index contributed by atoms with van der Waals surface area (Å²) < 4.78 is 5.76. The molecule has 1 N–H and O–H groups in total. The van der Waals surface area contributed by atoms with E-state index in [1.54, 1.807) is 12.1 Å². The van der Waals surface area contributed by atoms with Crippen LogP contribution < -0.4 is 10.1 Å². The SMILES string of the molecule is CCOc1ccc2ccccc2c1/C=C1\SC(=O)N(CC(=O)Nc2cccc(C)c2)C1=O. The quantitative estimate of drug-likeness (QED) is 0.525. The summed E-state index contributed by atoms with van der Waals surface area (Å²) in [6.45, 7) is 3.93. The molecule has 0 unspecified atom stereocenters. The van der Waals surface area contributed by atoms with Crippen molar-refractivity contribution in [1.82, 2.24) is 4.90 Å². The zero-order chi connectivity index (χ0) is 22.7. The summed E-state index contributed by atoms with van der Waals surface area (Å²) in [5.41, 5.74) is 2.35. The number of rotatable bonds is 6. The molecule has 0 spiro atoms. The average molecular weight is 447 g/mol. The van der Waals surface area contributed by atoms with Crippen molar-refractivity contribution in [3.05, 3.63) is 76.7 Å². The first-order valence-electron chi connectivity index (χ1n) is 10.2. The van der Waals surface area contributed by atoms with Crippen LogP contribution in [0.25, 0.3) is 16.8 Å². The van der Waals surface area contributed by atoms with Crippen LogP contribution in [0.2, 0.25) is 0 Å². The zero-order valence-corrected chi connectivity index (χ0v) is 18.6. The second-order valence-electron chi connectivity index (χ2n) is 7.32. The Balaban J connectivity index is 1.59. The van der Waals surface area contributed by atoms with Gasteiger partial charge >= 0.3 is 0 Å². The third-order valence-corrected chi connectivity index (χ3v) is 5.89. The Labute approximate surface area is 190 Å². The lowest BCUT2D eigenvalue weighted by molar-refractivity contribution is -0.127. The molecule has 0 aromatic heterocycles. The number of imide groups is 1. The van der Waals surface area contributed by atoms with Crippen molar-refractivity contribution in [2.75, 3.05) is 18.5 Å². The Bertz CT molecular complexity index is 1250. The Morgan fingerprint density at radius 2 is 1.91 bits per heavy atom. The second-order valence-corrected chi connectivity index (χ2v) is 8.31. The monoisotopic (exact) mass is 446 g/mol. The first-order chi connectivity index (χ1) is 15.5. The standard InChI is InChI=1S/C25H22N2O4S/c1-3-31-21-12-11-17-8-4-5-10-19(17)20(21)14-22-24(29)27(25(30)32-22)15-23(28)26-18-9-6-7-16(2)13-18/h4-14H,3,15H2,1-2H3,(H,26,28)/b22-14-. The predicted octanol–water partition coefficient (Wildman–Crippen LogP) is 5.22. The minimum absolute atomic E-state index is 0.260. The molecule has 0 atom stereocenters. The fourth-order valence-corrected chi connectivity index (χ4v) is 4.36. The molecular formula is C25H22N2O4S. The highest BCUT2D eigenvalue weighted by Gasteiger charge is 2.36. The highest BCUT2D eigenvalue weighted by molar-refractivity contribution is 8.18. The fourth-order valence-electron chi connectivity index (χ4n) is 3.54. The van der Waals surface area contributed by atoms with E-state index in [1.807, 2.05) is 68.4 Å². The molecule has 1 fully saturated rings. The molecular weight excluding hydrogens is 424 g/mol. The van der Waals surface area contributed by atoms with Gasteiger partial charge < -0.3 is 10.1 Å². The normalized spacial score (nSPS) is 14.9. The number of hydrogen-bond donors (Lipinski definition) is 1. The van der Waals surface area contributed by atoms with E-state index >= 15 is 0 Å². The van der Waals surface area contributed by atoms with Gasteiger partial charge in [0.25, 0.3) is 11.1 Å². The van der Waals surface area contributed by atoms with Crippen molar-refractivity contribution in [3.8, 4) is 5.75 Å². The summed E-state index contributed by atoms with van der Waals surface area (Å²) in [5, 5.41) is 4.18. The van der Waals surface area contributed by atoms with Crippen LogP contribution in [-0.2, 0) is 9.59 Å². The van der Waals surface area contributed by atoms with Gasteiger partial charge in [-0.25, -0.2) is 0 Å². The number of benzene rings is 3. The van der Waals surface area contributed by atoms with Crippen LogP contribution in [-0.4, -0.2) is 35.1 Å². The summed E-state index contributed by atoms with van der Waals surface area (Å²) in [4.78, 5) is 39.1. The molecule has 4 rings (SSSR count). The van der Waals surface area contributed by atoms with Gasteiger partial charge in [0.15, 0.2) is 0 Å². The first-order valence-corrected chi connectivity index (χ1v) is 11.0. The predicted molar refractivity (Wildman–Crippen MR) is 128 cm³/mol. The highest BCUT2D eigenvalue weighted by atomic mass is 32.2. The molecule has 162 valence electrons. The fraction of sp³-hybridized carbons (Fsp3) is 0.160. The van der Waals surface area contributed by atoms with Crippen LogP contribution >= 0.6 is 11.8 Å². The number of nitrogens with zero attached hydrogens (tertiary/aromatic N) is 1. The van der Waals surface area contributed by atoms with Gasteiger partial charge in [0.1, 0.15) is 12.3 Å². The van der Waals surface area contributed by atoms with Crippen molar-refractivity contribution in [1.29, 1.82) is 0 Å². The molecule has 32 heavy (non-hydrogen) atoms. The summed E-state index contributed by atoms with van der Waals surface area (Å²) >= 11 is 0.826. The van der Waals surface area contributed by atoms with Gasteiger partial charge in [-0.1, -0.05) is 42.5 Å². The molecule has 7 heteroatoms. The molecule has 1 aliphatic heterocycles. The maximum Gasteiger partial charge on any atom is 0.294 e. The van der Waals surface area contributed by atoms with E-state index in [0.717, 1.165) is 38.6 Å². The number of carbonyl (C=O) groups excluding carboxylic acids is 3. The summed E-state index contributed by atoms with van der Waals surface area (Å²) in [7, 11) is 0. The number of hydrogen-bond acceptors (Lipinski definition) is 5. The van der Waals surface area contributed by atoms with Crippen LogP contribution in [0.4, 0.5) is 10.5 Å². The molecule has 1 heterocycles. The van der Waals surface area contributed by atoms with Crippen LogP contribution in [0.3, 0.4) is 0 Å². The largest absolute Gasteiger partial charge is 0.493 e. The van der Waals surface area contributed by atoms with E-state index in [9.17, 15) is 14.4 Å². The van der Waals surface area contributed by atoms with Crippen molar-refractivity contribution in [2.24, 2.45) is 0 Å². The Kier molecular flexibility index (Phi) is 6.28. The van der Waals surface area contributed by atoms with E-state index in [2.05, 4.69) is 5.32 Å². The molecule has 1 saturated heterocycles. The summed E-state index contributed by atoms with van der Waals surface area (Å²) in [6.07, 6.45) is 1.68. The molecule has 1 aliphatic rings. The van der Waals surface area contributed by atoms with Gasteiger partial charge in [-0.3, -0.25) is 19.3 Å². The molecule has 3 amide bonds. The van der Waals surface area contributed by atoms with Gasteiger partial charge in [-0.2, -0.15) is 0 Å². The van der Waals surface area contributed by atoms with Gasteiger partial charge in [0.2, 0.25) is 5.91 Å². The number of thioether (sulfide) groups is 1. The Morgan fingerprint density at radius 3 is 2.69 bits per heavy atom. The van der Waals surface area contributed by atoms with E-state index < -0.39 is 17.1 Å². The minimum Gasteiger partial charge on any atom is -0.493 e. The molecule has 6 nitrogen and oxygen atoms in total. The van der Waals surface area contributed by atoms with Crippen molar-refractivity contribution >= 4 is 51.4 Å². The van der Waals surface area contributed by atoms with Crippen LogP contribution in [0.5, 0.6) is 5.75 Å². The average Bonchev–Trinajstić information content (AvgIpc) is 3.03.